The predicted octanol–water partition coefficient (Wildman–Crippen LogP) is 3.05. The Morgan fingerprint density at radius 1 is 1.35 bits per heavy atom. The number of para-hydroxylation sites is 2. The van der Waals surface area contributed by atoms with Crippen LogP contribution < -0.4 is 5.73 Å². The molecule has 2 aromatic rings. The molecule has 1 aromatic heterocycles. The number of nitrogens with two attached hydrogens (primary N) is 1. The van der Waals surface area contributed by atoms with E-state index in [2.05, 4.69) is 4.98 Å². The number of rotatable bonds is 3. The first kappa shape index (κ1) is 11.1. The van der Waals surface area contributed by atoms with Crippen LogP contribution in [0.25, 0.3) is 11.1 Å². The van der Waals surface area contributed by atoms with Crippen molar-refractivity contribution < 1.29 is 4.42 Å². The summed E-state index contributed by atoms with van der Waals surface area (Å²) in [6, 6.07) is 7.90. The molecule has 0 saturated heterocycles. The predicted molar refractivity (Wildman–Crippen MR) is 70.0 cm³/mol. The number of benzene rings is 1. The minimum Gasteiger partial charge on any atom is -0.431 e. The van der Waals surface area contributed by atoms with Gasteiger partial charge >= 0.3 is 0 Å². The molecule has 3 nitrogen and oxygen atoms in total. The maximum absolute atomic E-state index is 5.79. The van der Waals surface area contributed by atoms with Crippen molar-refractivity contribution in [1.29, 1.82) is 0 Å². The lowest BCUT2D eigenvalue weighted by Crippen LogP contribution is -2.20. The molecule has 1 saturated carbocycles. The fourth-order valence-corrected chi connectivity index (χ4v) is 3.73. The number of thioether (sulfide) groups is 1. The Hall–Kier alpha value is -1.00. The summed E-state index contributed by atoms with van der Waals surface area (Å²) < 4.78 is 5.73. The zero-order valence-corrected chi connectivity index (χ0v) is 10.5. The number of hydrogen-bond donors (Lipinski definition) is 1. The molecule has 3 rings (SSSR count). The van der Waals surface area contributed by atoms with Crippen LogP contribution in [0.15, 0.2) is 33.9 Å². The standard InChI is InChI=1S/C13H16N2OS/c14-8-9-4-3-7-12(9)17-13-15-10-5-1-2-6-11(10)16-13/h1-2,5-6,9,12H,3-4,7-8,14H2. The third-order valence-corrected chi connectivity index (χ3v) is 4.72. The van der Waals surface area contributed by atoms with Crippen LogP contribution in [0.4, 0.5) is 0 Å². The number of nitrogens with zero attached hydrogens (tertiary/aromatic N) is 1. The maximum atomic E-state index is 5.79. The number of aromatic nitrogens is 1. The second kappa shape index (κ2) is 4.70. The third kappa shape index (κ3) is 2.19. The van der Waals surface area contributed by atoms with Crippen LogP contribution in [-0.2, 0) is 0 Å². The van der Waals surface area contributed by atoms with E-state index in [9.17, 15) is 0 Å². The molecular weight excluding hydrogens is 232 g/mol. The van der Waals surface area contributed by atoms with Gasteiger partial charge in [0.1, 0.15) is 5.52 Å². The summed E-state index contributed by atoms with van der Waals surface area (Å²) in [6.07, 6.45) is 3.75. The fourth-order valence-electron chi connectivity index (χ4n) is 2.46. The van der Waals surface area contributed by atoms with Gasteiger partial charge < -0.3 is 10.2 Å². The monoisotopic (exact) mass is 248 g/mol. The van der Waals surface area contributed by atoms with Crippen LogP contribution in [0, 0.1) is 5.92 Å². The second-order valence-corrected chi connectivity index (χ2v) is 5.72. The van der Waals surface area contributed by atoms with Crippen LogP contribution in [0.5, 0.6) is 0 Å². The normalized spacial score (nSPS) is 24.5. The highest BCUT2D eigenvalue weighted by Gasteiger charge is 2.28. The minimum atomic E-state index is 0.577. The minimum absolute atomic E-state index is 0.577. The van der Waals surface area contributed by atoms with Gasteiger partial charge in [-0.2, -0.15) is 0 Å². The SMILES string of the molecule is NCC1CCCC1Sc1nc2ccccc2o1. The lowest BCUT2D eigenvalue weighted by atomic mass is 10.1. The quantitative estimate of drug-likeness (QED) is 0.907. The summed E-state index contributed by atoms with van der Waals surface area (Å²) in [4.78, 5) is 4.50. The van der Waals surface area contributed by atoms with Gasteiger partial charge in [-0.25, -0.2) is 4.98 Å². The molecule has 4 heteroatoms. The average molecular weight is 248 g/mol. The smallest absolute Gasteiger partial charge is 0.257 e. The molecule has 2 atom stereocenters. The van der Waals surface area contributed by atoms with E-state index in [1.807, 2.05) is 24.3 Å². The lowest BCUT2D eigenvalue weighted by molar-refractivity contribution is 0.484. The van der Waals surface area contributed by atoms with Crippen LogP contribution in [0.1, 0.15) is 19.3 Å². The van der Waals surface area contributed by atoms with E-state index in [0.29, 0.717) is 11.2 Å². The highest BCUT2D eigenvalue weighted by atomic mass is 32.2. The van der Waals surface area contributed by atoms with E-state index in [1.165, 1.54) is 19.3 Å². The van der Waals surface area contributed by atoms with E-state index < -0.39 is 0 Å². The Kier molecular flexibility index (Phi) is 3.07. The molecule has 1 fully saturated rings. The number of oxazole rings is 1. The molecule has 17 heavy (non-hydrogen) atoms. The van der Waals surface area contributed by atoms with Crippen molar-refractivity contribution in [1.82, 2.24) is 4.98 Å². The fraction of sp³-hybridized carbons (Fsp3) is 0.462. The molecule has 1 aromatic carbocycles. The van der Waals surface area contributed by atoms with Gasteiger partial charge in [-0.3, -0.25) is 0 Å². The second-order valence-electron chi connectivity index (χ2n) is 4.53. The van der Waals surface area contributed by atoms with E-state index >= 15 is 0 Å². The van der Waals surface area contributed by atoms with E-state index in [0.717, 1.165) is 22.9 Å². The Bertz CT molecular complexity index is 478. The summed E-state index contributed by atoms with van der Waals surface area (Å²) in [5.41, 5.74) is 7.60. The summed E-state index contributed by atoms with van der Waals surface area (Å²) >= 11 is 1.75. The molecule has 1 aliphatic rings. The van der Waals surface area contributed by atoms with Gasteiger partial charge in [0.2, 0.25) is 0 Å². The molecule has 90 valence electrons. The van der Waals surface area contributed by atoms with Crippen molar-refractivity contribution in [2.24, 2.45) is 11.7 Å². The van der Waals surface area contributed by atoms with E-state index in [4.69, 9.17) is 10.2 Å². The highest BCUT2D eigenvalue weighted by Crippen LogP contribution is 2.38. The lowest BCUT2D eigenvalue weighted by Gasteiger charge is -2.14. The van der Waals surface area contributed by atoms with Crippen molar-refractivity contribution in [3.63, 3.8) is 0 Å². The highest BCUT2D eigenvalue weighted by molar-refractivity contribution is 7.99. The van der Waals surface area contributed by atoms with Crippen LogP contribution in [0.3, 0.4) is 0 Å². The van der Waals surface area contributed by atoms with Crippen molar-refractivity contribution in [3.05, 3.63) is 24.3 Å². The Balaban J connectivity index is 1.80. The van der Waals surface area contributed by atoms with Crippen LogP contribution in [0.2, 0.25) is 0 Å². The first-order chi connectivity index (χ1) is 8.36. The first-order valence-corrected chi connectivity index (χ1v) is 6.97. The number of fused-ring (bicyclic) bond motifs is 1. The van der Waals surface area contributed by atoms with Gasteiger partial charge in [-0.05, 0) is 37.4 Å². The molecule has 2 unspecified atom stereocenters. The summed E-state index contributed by atoms with van der Waals surface area (Å²) in [5, 5.41) is 1.37. The van der Waals surface area contributed by atoms with Crippen molar-refractivity contribution in [3.8, 4) is 0 Å². The third-order valence-electron chi connectivity index (χ3n) is 3.42. The molecule has 1 heterocycles. The first-order valence-electron chi connectivity index (χ1n) is 6.09. The largest absolute Gasteiger partial charge is 0.431 e. The molecule has 0 bridgehead atoms. The van der Waals surface area contributed by atoms with Gasteiger partial charge in [0.05, 0.1) is 0 Å². The van der Waals surface area contributed by atoms with Gasteiger partial charge in [-0.15, -0.1) is 0 Å². The summed E-state index contributed by atoms with van der Waals surface area (Å²) in [7, 11) is 0. The summed E-state index contributed by atoms with van der Waals surface area (Å²) in [5.74, 6) is 0.620. The molecule has 0 spiro atoms. The Morgan fingerprint density at radius 3 is 3.06 bits per heavy atom. The molecular formula is C13H16N2OS. The van der Waals surface area contributed by atoms with Gasteiger partial charge in [-0.1, -0.05) is 30.3 Å². The molecule has 2 N–H and O–H groups in total. The van der Waals surface area contributed by atoms with E-state index in [1.54, 1.807) is 11.8 Å². The Morgan fingerprint density at radius 2 is 2.24 bits per heavy atom. The molecule has 0 radical (unpaired) electrons. The van der Waals surface area contributed by atoms with Gasteiger partial charge in [0, 0.05) is 5.25 Å². The molecule has 0 aliphatic heterocycles. The van der Waals surface area contributed by atoms with Gasteiger partial charge in [0.25, 0.3) is 5.22 Å². The summed E-state index contributed by atoms with van der Waals surface area (Å²) in [6.45, 7) is 0.776. The zero-order chi connectivity index (χ0) is 11.7. The van der Waals surface area contributed by atoms with Crippen molar-refractivity contribution >= 4 is 22.9 Å². The average Bonchev–Trinajstić information content (AvgIpc) is 2.94. The molecule has 1 aliphatic carbocycles. The topological polar surface area (TPSA) is 52.0 Å². The van der Waals surface area contributed by atoms with Crippen LogP contribution >= 0.6 is 11.8 Å². The van der Waals surface area contributed by atoms with E-state index in [-0.39, 0.29) is 0 Å². The molecule has 0 amide bonds. The Labute approximate surface area is 105 Å². The van der Waals surface area contributed by atoms with Gasteiger partial charge in [0.15, 0.2) is 5.58 Å². The zero-order valence-electron chi connectivity index (χ0n) is 9.63. The van der Waals surface area contributed by atoms with Crippen molar-refractivity contribution in [2.45, 2.75) is 29.7 Å². The number of hydrogen-bond acceptors (Lipinski definition) is 4. The maximum Gasteiger partial charge on any atom is 0.257 e. The van der Waals surface area contributed by atoms with Crippen molar-refractivity contribution in [2.75, 3.05) is 6.54 Å². The van der Waals surface area contributed by atoms with Crippen LogP contribution in [-0.4, -0.2) is 16.8 Å².